The van der Waals surface area contributed by atoms with Gasteiger partial charge in [0.15, 0.2) is 17.8 Å². The molecule has 0 unspecified atom stereocenters. The standard InChI is InChI=1S/C13H17F3O4/c1-3-17-12(18-4-2)9-19-10-7-5-6-8-11(10)20-13(14,15)16/h5-8,12H,3-4,9H2,1-2H3. The summed E-state index contributed by atoms with van der Waals surface area (Å²) in [4.78, 5) is 0. The molecule has 0 aliphatic carbocycles. The van der Waals surface area contributed by atoms with Gasteiger partial charge in [-0.2, -0.15) is 0 Å². The Kier molecular flexibility index (Phi) is 6.60. The van der Waals surface area contributed by atoms with Gasteiger partial charge in [-0.05, 0) is 26.0 Å². The Bertz CT molecular complexity index is 389. The van der Waals surface area contributed by atoms with E-state index in [4.69, 9.17) is 14.2 Å². The number of hydrogen-bond donors (Lipinski definition) is 0. The third-order valence-corrected chi connectivity index (χ3v) is 2.15. The number of ether oxygens (including phenoxy) is 4. The minimum absolute atomic E-state index is 0.0192. The number of alkyl halides is 3. The first-order valence-electron chi connectivity index (χ1n) is 6.17. The van der Waals surface area contributed by atoms with E-state index in [0.29, 0.717) is 13.2 Å². The molecule has 0 aliphatic heterocycles. The third-order valence-electron chi connectivity index (χ3n) is 2.15. The van der Waals surface area contributed by atoms with Gasteiger partial charge in [0.2, 0.25) is 0 Å². The van der Waals surface area contributed by atoms with E-state index >= 15 is 0 Å². The molecular weight excluding hydrogens is 277 g/mol. The first kappa shape index (κ1) is 16.6. The molecule has 0 fully saturated rings. The molecule has 7 heteroatoms. The van der Waals surface area contributed by atoms with Gasteiger partial charge < -0.3 is 18.9 Å². The van der Waals surface area contributed by atoms with Crippen LogP contribution in [0.1, 0.15) is 13.8 Å². The fourth-order valence-corrected chi connectivity index (χ4v) is 1.45. The Balaban J connectivity index is 2.66. The van der Waals surface area contributed by atoms with E-state index in [1.54, 1.807) is 19.9 Å². The number of benzene rings is 1. The summed E-state index contributed by atoms with van der Waals surface area (Å²) >= 11 is 0. The summed E-state index contributed by atoms with van der Waals surface area (Å²) in [6.07, 6.45) is -5.40. The first-order valence-corrected chi connectivity index (χ1v) is 6.17. The quantitative estimate of drug-likeness (QED) is 0.689. The second-order valence-corrected chi connectivity index (χ2v) is 3.65. The Morgan fingerprint density at radius 3 is 2.05 bits per heavy atom. The van der Waals surface area contributed by atoms with Crippen LogP contribution in [0.25, 0.3) is 0 Å². The van der Waals surface area contributed by atoms with Crippen LogP contribution >= 0.6 is 0 Å². The summed E-state index contributed by atoms with van der Waals surface area (Å²) in [5.41, 5.74) is 0. The van der Waals surface area contributed by atoms with Crippen molar-refractivity contribution in [3.8, 4) is 11.5 Å². The van der Waals surface area contributed by atoms with Gasteiger partial charge in [-0.25, -0.2) is 0 Å². The van der Waals surface area contributed by atoms with Gasteiger partial charge in [-0.3, -0.25) is 0 Å². The van der Waals surface area contributed by atoms with Crippen LogP contribution in [0.5, 0.6) is 11.5 Å². The number of para-hydroxylation sites is 2. The smallest absolute Gasteiger partial charge is 0.484 e. The van der Waals surface area contributed by atoms with Gasteiger partial charge in [-0.1, -0.05) is 12.1 Å². The van der Waals surface area contributed by atoms with Crippen LogP contribution < -0.4 is 9.47 Å². The monoisotopic (exact) mass is 294 g/mol. The van der Waals surface area contributed by atoms with Gasteiger partial charge >= 0.3 is 6.36 Å². The Labute approximate surface area is 115 Å². The molecule has 0 heterocycles. The highest BCUT2D eigenvalue weighted by Crippen LogP contribution is 2.31. The highest BCUT2D eigenvalue weighted by Gasteiger charge is 2.32. The van der Waals surface area contributed by atoms with Crippen molar-refractivity contribution >= 4 is 0 Å². The molecule has 0 amide bonds. The largest absolute Gasteiger partial charge is 0.573 e. The Hall–Kier alpha value is -1.47. The summed E-state index contributed by atoms with van der Waals surface area (Å²) in [6.45, 7) is 4.36. The topological polar surface area (TPSA) is 36.9 Å². The van der Waals surface area contributed by atoms with E-state index in [-0.39, 0.29) is 12.4 Å². The molecule has 0 N–H and O–H groups in total. The van der Waals surface area contributed by atoms with Crippen LogP contribution in [-0.4, -0.2) is 32.5 Å². The van der Waals surface area contributed by atoms with Crippen molar-refractivity contribution in [2.24, 2.45) is 0 Å². The summed E-state index contributed by atoms with van der Waals surface area (Å²) in [6, 6.07) is 5.54. The maximum Gasteiger partial charge on any atom is 0.573 e. The summed E-state index contributed by atoms with van der Waals surface area (Å²) in [7, 11) is 0. The van der Waals surface area contributed by atoms with Crippen molar-refractivity contribution in [2.45, 2.75) is 26.5 Å². The minimum Gasteiger partial charge on any atom is -0.484 e. The molecule has 20 heavy (non-hydrogen) atoms. The molecule has 0 saturated carbocycles. The zero-order chi connectivity index (χ0) is 15.0. The summed E-state index contributed by atoms with van der Waals surface area (Å²) in [5, 5.41) is 0. The van der Waals surface area contributed by atoms with E-state index in [2.05, 4.69) is 4.74 Å². The minimum atomic E-state index is -4.77. The predicted molar refractivity (Wildman–Crippen MR) is 65.7 cm³/mol. The van der Waals surface area contributed by atoms with Gasteiger partial charge in [-0.15, -0.1) is 13.2 Å². The maximum absolute atomic E-state index is 12.2. The van der Waals surface area contributed by atoms with Crippen LogP contribution in [0.2, 0.25) is 0 Å². The van der Waals surface area contributed by atoms with Crippen molar-refractivity contribution in [1.82, 2.24) is 0 Å². The molecular formula is C13H17F3O4. The SMILES string of the molecule is CCOC(COc1ccccc1OC(F)(F)F)OCC. The van der Waals surface area contributed by atoms with Crippen LogP contribution in [-0.2, 0) is 9.47 Å². The highest BCUT2D eigenvalue weighted by atomic mass is 19.4. The molecule has 1 aromatic carbocycles. The lowest BCUT2D eigenvalue weighted by molar-refractivity contribution is -0.275. The van der Waals surface area contributed by atoms with E-state index < -0.39 is 18.4 Å². The lowest BCUT2D eigenvalue weighted by Crippen LogP contribution is -2.25. The van der Waals surface area contributed by atoms with Crippen LogP contribution in [0.3, 0.4) is 0 Å². The predicted octanol–water partition coefficient (Wildman–Crippen LogP) is 3.36. The zero-order valence-electron chi connectivity index (χ0n) is 11.3. The molecule has 0 aromatic heterocycles. The molecule has 4 nitrogen and oxygen atoms in total. The van der Waals surface area contributed by atoms with E-state index in [1.165, 1.54) is 18.2 Å². The van der Waals surface area contributed by atoms with Crippen molar-refractivity contribution < 1.29 is 32.1 Å². The van der Waals surface area contributed by atoms with Crippen molar-refractivity contribution in [3.63, 3.8) is 0 Å². The Morgan fingerprint density at radius 2 is 1.55 bits per heavy atom. The summed E-state index contributed by atoms with van der Waals surface area (Å²) < 4.78 is 56.3. The summed E-state index contributed by atoms with van der Waals surface area (Å²) in [5.74, 6) is -0.416. The second-order valence-electron chi connectivity index (χ2n) is 3.65. The van der Waals surface area contributed by atoms with Gasteiger partial charge in [0, 0.05) is 13.2 Å². The Morgan fingerprint density at radius 1 is 1.00 bits per heavy atom. The van der Waals surface area contributed by atoms with E-state index in [0.717, 1.165) is 0 Å². The highest BCUT2D eigenvalue weighted by molar-refractivity contribution is 5.39. The van der Waals surface area contributed by atoms with Crippen LogP contribution in [0.15, 0.2) is 24.3 Å². The number of halogens is 3. The fraction of sp³-hybridized carbons (Fsp3) is 0.538. The number of hydrogen-bond acceptors (Lipinski definition) is 4. The molecule has 114 valence electrons. The molecule has 0 radical (unpaired) electrons. The van der Waals surface area contributed by atoms with Crippen molar-refractivity contribution in [3.05, 3.63) is 24.3 Å². The third kappa shape index (κ3) is 6.12. The lowest BCUT2D eigenvalue weighted by atomic mass is 10.3. The van der Waals surface area contributed by atoms with E-state index in [1.807, 2.05) is 0 Å². The lowest BCUT2D eigenvalue weighted by Gasteiger charge is -2.19. The average molecular weight is 294 g/mol. The van der Waals surface area contributed by atoms with Gasteiger partial charge in [0.05, 0.1) is 0 Å². The second kappa shape index (κ2) is 7.96. The maximum atomic E-state index is 12.2. The number of rotatable bonds is 8. The van der Waals surface area contributed by atoms with Gasteiger partial charge in [0.1, 0.15) is 6.61 Å². The molecule has 1 rings (SSSR count). The van der Waals surface area contributed by atoms with Crippen molar-refractivity contribution in [1.29, 1.82) is 0 Å². The molecule has 0 aliphatic rings. The molecule has 1 aromatic rings. The first-order chi connectivity index (χ1) is 9.46. The fourth-order valence-electron chi connectivity index (χ4n) is 1.45. The molecule has 0 atom stereocenters. The molecule has 0 spiro atoms. The molecule has 0 bridgehead atoms. The zero-order valence-corrected chi connectivity index (χ0v) is 11.3. The van der Waals surface area contributed by atoms with E-state index in [9.17, 15) is 13.2 Å². The average Bonchev–Trinajstić information content (AvgIpc) is 2.36. The molecule has 0 saturated heterocycles. The normalized spacial score (nSPS) is 11.7. The van der Waals surface area contributed by atoms with Crippen LogP contribution in [0.4, 0.5) is 13.2 Å². The van der Waals surface area contributed by atoms with Gasteiger partial charge in [0.25, 0.3) is 0 Å². The van der Waals surface area contributed by atoms with Crippen LogP contribution in [0, 0.1) is 0 Å². The van der Waals surface area contributed by atoms with Crippen molar-refractivity contribution in [2.75, 3.05) is 19.8 Å².